The monoisotopic (exact) mass is 345 g/mol. The highest BCUT2D eigenvalue weighted by atomic mass is 16.1. The molecule has 0 aromatic carbocycles. The van der Waals surface area contributed by atoms with Crippen LogP contribution in [0.3, 0.4) is 0 Å². The fraction of sp³-hybridized carbons (Fsp3) is 0.857. The first kappa shape index (κ1) is 17.2. The molecule has 4 aliphatic carbocycles. The van der Waals surface area contributed by atoms with Gasteiger partial charge in [0.2, 0.25) is 6.41 Å². The first-order chi connectivity index (χ1) is 11.9. The Labute approximate surface area is 150 Å². The molecule has 4 fully saturated rings. The Balaban J connectivity index is 1.76. The third-order valence-electron chi connectivity index (χ3n) is 8.74. The molecular weight excluding hydrogens is 314 g/mol. The lowest BCUT2D eigenvalue weighted by molar-refractivity contribution is -0.166. The Bertz CT molecular complexity index is 602. The van der Waals surface area contributed by atoms with E-state index in [1.165, 1.54) is 6.42 Å². The molecule has 4 saturated carbocycles. The molecule has 4 aliphatic rings. The predicted molar refractivity (Wildman–Crippen MR) is 94.7 cm³/mol. The van der Waals surface area contributed by atoms with Gasteiger partial charge in [0.15, 0.2) is 0 Å². The van der Waals surface area contributed by atoms with E-state index in [0.717, 1.165) is 44.9 Å². The summed E-state index contributed by atoms with van der Waals surface area (Å²) in [5, 5.41) is 2.81. The van der Waals surface area contributed by atoms with Gasteiger partial charge >= 0.3 is 0 Å². The molecule has 1 N–H and O–H groups in total. The van der Waals surface area contributed by atoms with Crippen LogP contribution in [-0.2, 0) is 14.4 Å². The number of nitrogens with one attached hydrogen (secondary N) is 1. The zero-order valence-electron chi connectivity index (χ0n) is 15.6. The average molecular weight is 345 g/mol. The third-order valence-corrected chi connectivity index (χ3v) is 8.74. The normalized spacial score (nSPS) is 49.1. The number of carbonyl (C=O) groups excluding carboxylic acids is 3. The SMILES string of the molecule is C[C@]12CCCCC1C(=O)[C@@H](CNC=O)[C@@H]1[C@@H]2CC[C@]2(C)C(=O)CC[C@@H]12. The fourth-order valence-electron chi connectivity index (χ4n) is 7.43. The Kier molecular flexibility index (Phi) is 4.08. The van der Waals surface area contributed by atoms with Crippen molar-refractivity contribution in [3.8, 4) is 0 Å². The van der Waals surface area contributed by atoms with Crippen LogP contribution in [0.5, 0.6) is 0 Å². The van der Waals surface area contributed by atoms with E-state index >= 15 is 0 Å². The number of amides is 1. The van der Waals surface area contributed by atoms with Crippen molar-refractivity contribution in [2.75, 3.05) is 6.54 Å². The van der Waals surface area contributed by atoms with Gasteiger partial charge in [-0.1, -0.05) is 26.7 Å². The molecule has 4 nitrogen and oxygen atoms in total. The van der Waals surface area contributed by atoms with Crippen molar-refractivity contribution in [2.45, 2.75) is 65.2 Å². The molecule has 1 amide bonds. The maximum Gasteiger partial charge on any atom is 0.207 e. The van der Waals surface area contributed by atoms with Crippen molar-refractivity contribution in [3.63, 3.8) is 0 Å². The summed E-state index contributed by atoms with van der Waals surface area (Å²) in [5.74, 6) is 1.95. The average Bonchev–Trinajstić information content (AvgIpc) is 2.90. The predicted octanol–water partition coefficient (Wildman–Crippen LogP) is 3.14. The lowest BCUT2D eigenvalue weighted by Gasteiger charge is -2.61. The second-order valence-corrected chi connectivity index (χ2v) is 9.55. The molecule has 0 aromatic rings. The molecule has 0 heterocycles. The van der Waals surface area contributed by atoms with Gasteiger partial charge in [-0.15, -0.1) is 0 Å². The van der Waals surface area contributed by atoms with Gasteiger partial charge < -0.3 is 5.32 Å². The minimum atomic E-state index is -0.237. The van der Waals surface area contributed by atoms with Crippen LogP contribution < -0.4 is 5.32 Å². The minimum Gasteiger partial charge on any atom is -0.358 e. The number of fused-ring (bicyclic) bond motifs is 5. The molecule has 0 saturated heterocycles. The number of ketones is 2. The number of hydrogen-bond donors (Lipinski definition) is 1. The van der Waals surface area contributed by atoms with Gasteiger partial charge in [-0.2, -0.15) is 0 Å². The van der Waals surface area contributed by atoms with Crippen molar-refractivity contribution in [1.82, 2.24) is 5.32 Å². The zero-order valence-corrected chi connectivity index (χ0v) is 15.6. The highest BCUT2D eigenvalue weighted by Crippen LogP contribution is 2.65. The highest BCUT2D eigenvalue weighted by Gasteiger charge is 2.64. The summed E-state index contributed by atoms with van der Waals surface area (Å²) >= 11 is 0. The van der Waals surface area contributed by atoms with E-state index in [1.54, 1.807) is 0 Å². The van der Waals surface area contributed by atoms with Gasteiger partial charge in [-0.3, -0.25) is 14.4 Å². The molecule has 7 atom stereocenters. The van der Waals surface area contributed by atoms with Crippen molar-refractivity contribution < 1.29 is 14.4 Å². The summed E-state index contributed by atoms with van der Waals surface area (Å²) in [6.45, 7) is 4.96. The van der Waals surface area contributed by atoms with E-state index in [2.05, 4.69) is 19.2 Å². The molecule has 4 heteroatoms. The summed E-state index contributed by atoms with van der Waals surface area (Å²) < 4.78 is 0. The summed E-state index contributed by atoms with van der Waals surface area (Å²) in [7, 11) is 0. The second-order valence-electron chi connectivity index (χ2n) is 9.55. The number of carbonyl (C=O) groups is 3. The van der Waals surface area contributed by atoms with Gasteiger partial charge in [-0.25, -0.2) is 0 Å². The Morgan fingerprint density at radius 3 is 2.64 bits per heavy atom. The smallest absolute Gasteiger partial charge is 0.207 e. The summed E-state index contributed by atoms with van der Waals surface area (Å²) in [4.78, 5) is 37.0. The van der Waals surface area contributed by atoms with Crippen LogP contribution in [-0.4, -0.2) is 24.5 Å². The number of hydrogen-bond acceptors (Lipinski definition) is 3. The van der Waals surface area contributed by atoms with Crippen LogP contribution >= 0.6 is 0 Å². The Hall–Kier alpha value is -1.19. The van der Waals surface area contributed by atoms with E-state index in [4.69, 9.17) is 0 Å². The summed E-state index contributed by atoms with van der Waals surface area (Å²) in [5.41, 5.74) is -0.136. The van der Waals surface area contributed by atoms with E-state index in [9.17, 15) is 14.4 Å². The molecule has 138 valence electrons. The zero-order chi connectivity index (χ0) is 17.8. The first-order valence-electron chi connectivity index (χ1n) is 10.2. The van der Waals surface area contributed by atoms with Crippen LogP contribution in [0, 0.1) is 40.4 Å². The van der Waals surface area contributed by atoms with Crippen molar-refractivity contribution >= 4 is 18.0 Å². The van der Waals surface area contributed by atoms with Crippen LogP contribution in [0.25, 0.3) is 0 Å². The number of rotatable bonds is 3. The minimum absolute atomic E-state index is 0.0955. The Morgan fingerprint density at radius 1 is 1.08 bits per heavy atom. The first-order valence-corrected chi connectivity index (χ1v) is 10.2. The summed E-state index contributed by atoms with van der Waals surface area (Å²) in [6, 6.07) is 0. The lowest BCUT2D eigenvalue weighted by atomic mass is 9.42. The topological polar surface area (TPSA) is 63.2 Å². The van der Waals surface area contributed by atoms with Crippen molar-refractivity contribution in [2.24, 2.45) is 40.4 Å². The van der Waals surface area contributed by atoms with Crippen molar-refractivity contribution in [1.29, 1.82) is 0 Å². The van der Waals surface area contributed by atoms with Crippen LogP contribution in [0.1, 0.15) is 65.2 Å². The molecule has 0 aromatic heterocycles. The third kappa shape index (κ3) is 2.28. The van der Waals surface area contributed by atoms with Crippen molar-refractivity contribution in [3.05, 3.63) is 0 Å². The molecule has 25 heavy (non-hydrogen) atoms. The van der Waals surface area contributed by atoms with Crippen LogP contribution in [0.15, 0.2) is 0 Å². The lowest BCUT2D eigenvalue weighted by Crippen LogP contribution is -2.61. The molecule has 0 spiro atoms. The second kappa shape index (κ2) is 5.92. The highest BCUT2D eigenvalue weighted by molar-refractivity contribution is 5.89. The maximum absolute atomic E-state index is 13.5. The Morgan fingerprint density at radius 2 is 1.88 bits per heavy atom. The molecule has 0 radical (unpaired) electrons. The van der Waals surface area contributed by atoms with Crippen LogP contribution in [0.4, 0.5) is 0 Å². The van der Waals surface area contributed by atoms with Gasteiger partial charge in [0, 0.05) is 30.2 Å². The van der Waals surface area contributed by atoms with E-state index in [1.807, 2.05) is 0 Å². The van der Waals surface area contributed by atoms with E-state index in [-0.39, 0.29) is 28.6 Å². The molecule has 0 bridgehead atoms. The van der Waals surface area contributed by atoms with Gasteiger partial charge in [0.1, 0.15) is 11.6 Å². The summed E-state index contributed by atoms with van der Waals surface area (Å²) in [6.07, 6.45) is 8.92. The van der Waals surface area contributed by atoms with E-state index < -0.39 is 0 Å². The molecular formula is C21H31NO3. The fourth-order valence-corrected chi connectivity index (χ4v) is 7.43. The van der Waals surface area contributed by atoms with Gasteiger partial charge in [-0.05, 0) is 55.3 Å². The molecule has 1 unspecified atom stereocenters. The molecule has 0 aliphatic heterocycles. The quantitative estimate of drug-likeness (QED) is 0.799. The van der Waals surface area contributed by atoms with Gasteiger partial charge in [0.05, 0.1) is 0 Å². The molecule has 4 rings (SSSR count). The van der Waals surface area contributed by atoms with Gasteiger partial charge in [0.25, 0.3) is 0 Å². The largest absolute Gasteiger partial charge is 0.358 e. The number of Topliss-reactive ketones (excluding diaryl/α,β-unsaturated/α-hetero) is 2. The van der Waals surface area contributed by atoms with E-state index in [0.29, 0.717) is 36.4 Å². The standard InChI is InChI=1S/C21H31NO3/c1-20-9-4-3-5-16(20)19(25)13(11-22-12-23)18-14-6-7-17(24)21(14,2)10-8-15(18)20/h12-16,18H,3-11H2,1-2H3,(H,22,23)/t13-,14-,15-,16?,18-,20+,21-/m0/s1. The maximum atomic E-state index is 13.5. The van der Waals surface area contributed by atoms with Crippen LogP contribution in [0.2, 0.25) is 0 Å².